The zero-order valence-electron chi connectivity index (χ0n) is 15.5. The van der Waals surface area contributed by atoms with Gasteiger partial charge in [0.05, 0.1) is 6.33 Å². The lowest BCUT2D eigenvalue weighted by Crippen LogP contribution is -2.42. The van der Waals surface area contributed by atoms with Crippen molar-refractivity contribution in [3.63, 3.8) is 0 Å². The van der Waals surface area contributed by atoms with Crippen LogP contribution in [-0.4, -0.2) is 60.5 Å². The normalized spacial score (nSPS) is 24.1. The first-order valence-electron chi connectivity index (χ1n) is 9.02. The van der Waals surface area contributed by atoms with E-state index in [0.717, 1.165) is 4.90 Å². The molecule has 3 aromatic rings. The average molecular weight is 416 g/mol. The largest absolute Gasteiger partial charge is 0.387 e. The van der Waals surface area contributed by atoms with Crippen LogP contribution in [0.5, 0.6) is 0 Å². The molecule has 1 unspecified atom stereocenters. The number of imidazole rings is 1. The third-order valence-electron chi connectivity index (χ3n) is 4.50. The average Bonchev–Trinajstić information content (AvgIpc) is 3.25. The maximum Gasteiger partial charge on any atom is 0.252 e. The minimum Gasteiger partial charge on any atom is -0.387 e. The van der Waals surface area contributed by atoms with Crippen molar-refractivity contribution >= 4 is 34.7 Å². The van der Waals surface area contributed by atoms with Crippen LogP contribution in [0.1, 0.15) is 13.2 Å². The van der Waals surface area contributed by atoms with Crippen LogP contribution in [0.25, 0.3) is 11.2 Å². The van der Waals surface area contributed by atoms with Gasteiger partial charge in [0, 0.05) is 11.4 Å². The fourth-order valence-corrected chi connectivity index (χ4v) is 3.90. The number of amides is 1. The molecular weight excluding hydrogens is 396 g/mol. The van der Waals surface area contributed by atoms with E-state index in [9.17, 15) is 15.0 Å². The van der Waals surface area contributed by atoms with Crippen LogP contribution in [0, 0.1) is 0 Å². The highest BCUT2D eigenvalue weighted by Gasteiger charge is 2.47. The second-order valence-corrected chi connectivity index (χ2v) is 7.49. The van der Waals surface area contributed by atoms with Crippen molar-refractivity contribution in [3.8, 4) is 0 Å². The van der Waals surface area contributed by atoms with E-state index in [2.05, 4.69) is 20.3 Å². The molecule has 3 heterocycles. The topological polar surface area (TPSA) is 148 Å². The van der Waals surface area contributed by atoms with E-state index < -0.39 is 30.4 Å². The van der Waals surface area contributed by atoms with Gasteiger partial charge in [0.15, 0.2) is 29.0 Å². The molecule has 1 saturated heterocycles. The Morgan fingerprint density at radius 3 is 2.76 bits per heavy atom. The molecule has 0 spiro atoms. The number of hydrogen-bond acceptors (Lipinski definition) is 9. The summed E-state index contributed by atoms with van der Waals surface area (Å²) < 4.78 is 7.11. The Kier molecular flexibility index (Phi) is 5.37. The standard InChI is InChI=1S/C18H20N6O4S/c1-2-20-16(27)13-11(25)12(26)17(28-13)24-8-21-10-14(19)22-18(23-15(10)24)29-9-6-4-3-5-7-9/h3-8,11-13,17,25-26H,2H2,1H3,(H,20,27)(H2,19,22,23)/t11-,12+,13-,17?/m0/s1. The first-order chi connectivity index (χ1) is 14.0. The molecule has 4 rings (SSSR count). The second kappa shape index (κ2) is 7.95. The summed E-state index contributed by atoms with van der Waals surface area (Å²) in [6, 6.07) is 9.55. The predicted octanol–water partition coefficient (Wildman–Crippen LogP) is 0.315. The third kappa shape index (κ3) is 3.65. The molecule has 10 nitrogen and oxygen atoms in total. The number of hydrogen-bond donors (Lipinski definition) is 4. The second-order valence-electron chi connectivity index (χ2n) is 6.45. The van der Waals surface area contributed by atoms with Crippen LogP contribution in [-0.2, 0) is 9.53 Å². The summed E-state index contributed by atoms with van der Waals surface area (Å²) in [7, 11) is 0. The summed E-state index contributed by atoms with van der Waals surface area (Å²) in [5, 5.41) is 23.7. The number of aromatic nitrogens is 4. The Morgan fingerprint density at radius 1 is 1.28 bits per heavy atom. The van der Waals surface area contributed by atoms with Crippen molar-refractivity contribution in [2.24, 2.45) is 0 Å². The number of fused-ring (bicyclic) bond motifs is 1. The highest BCUT2D eigenvalue weighted by atomic mass is 32.2. The van der Waals surface area contributed by atoms with E-state index in [-0.39, 0.29) is 5.82 Å². The van der Waals surface area contributed by atoms with Crippen molar-refractivity contribution in [1.29, 1.82) is 0 Å². The van der Waals surface area contributed by atoms with Crippen LogP contribution < -0.4 is 11.1 Å². The number of aliphatic hydroxyl groups excluding tert-OH is 2. The fraction of sp³-hybridized carbons (Fsp3) is 0.333. The van der Waals surface area contributed by atoms with Crippen molar-refractivity contribution in [3.05, 3.63) is 36.7 Å². The summed E-state index contributed by atoms with van der Waals surface area (Å²) in [4.78, 5) is 26.0. The third-order valence-corrected chi connectivity index (χ3v) is 5.38. The molecule has 5 N–H and O–H groups in total. The van der Waals surface area contributed by atoms with Gasteiger partial charge in [0.2, 0.25) is 0 Å². The number of anilines is 1. The van der Waals surface area contributed by atoms with Crippen LogP contribution in [0.15, 0.2) is 46.7 Å². The van der Waals surface area contributed by atoms with Crippen molar-refractivity contribution in [2.45, 2.75) is 41.5 Å². The molecular formula is C18H20N6O4S. The van der Waals surface area contributed by atoms with Gasteiger partial charge < -0.3 is 26.0 Å². The Morgan fingerprint density at radius 2 is 2.03 bits per heavy atom. The molecule has 1 fully saturated rings. The van der Waals surface area contributed by atoms with Gasteiger partial charge in [-0.25, -0.2) is 15.0 Å². The molecule has 1 aromatic carbocycles. The maximum atomic E-state index is 12.1. The maximum absolute atomic E-state index is 12.1. The molecule has 0 radical (unpaired) electrons. The first-order valence-corrected chi connectivity index (χ1v) is 9.83. The molecule has 4 atom stereocenters. The molecule has 0 aliphatic carbocycles. The van der Waals surface area contributed by atoms with Crippen LogP contribution in [0.2, 0.25) is 0 Å². The number of aliphatic hydroxyl groups is 2. The number of carbonyl (C=O) groups excluding carboxylic acids is 1. The van der Waals surface area contributed by atoms with Crippen molar-refractivity contribution < 1.29 is 19.7 Å². The van der Waals surface area contributed by atoms with Gasteiger partial charge in [-0.15, -0.1) is 0 Å². The van der Waals surface area contributed by atoms with E-state index in [4.69, 9.17) is 10.5 Å². The SMILES string of the molecule is CCNC(=O)[C@H]1OC(n2cnc3c(N)nc(Sc4ccccc4)nc32)[C@H](O)[C@@H]1O. The van der Waals surface area contributed by atoms with Crippen molar-refractivity contribution in [2.75, 3.05) is 12.3 Å². The van der Waals surface area contributed by atoms with Gasteiger partial charge in [-0.05, 0) is 30.8 Å². The van der Waals surface area contributed by atoms with Gasteiger partial charge in [-0.1, -0.05) is 18.2 Å². The summed E-state index contributed by atoms with van der Waals surface area (Å²) in [6.45, 7) is 2.13. The number of carbonyl (C=O) groups is 1. The predicted molar refractivity (Wildman–Crippen MR) is 105 cm³/mol. The monoisotopic (exact) mass is 416 g/mol. The Hall–Kier alpha value is -2.73. The number of nitrogen functional groups attached to an aromatic ring is 1. The van der Waals surface area contributed by atoms with E-state index in [1.807, 2.05) is 30.3 Å². The Labute approximate surface area is 170 Å². The smallest absolute Gasteiger partial charge is 0.252 e. The minimum atomic E-state index is -1.39. The van der Waals surface area contributed by atoms with E-state index in [1.165, 1.54) is 22.7 Å². The number of rotatable bonds is 5. The molecule has 1 amide bonds. The number of nitrogens with two attached hydrogens (primary N) is 1. The van der Waals surface area contributed by atoms with E-state index >= 15 is 0 Å². The number of ether oxygens (including phenoxy) is 1. The summed E-state index contributed by atoms with van der Waals surface area (Å²) >= 11 is 1.32. The Bertz CT molecular complexity index is 1030. The molecule has 0 saturated carbocycles. The van der Waals surface area contributed by atoms with Crippen LogP contribution >= 0.6 is 11.8 Å². The van der Waals surface area contributed by atoms with E-state index in [1.54, 1.807) is 6.92 Å². The van der Waals surface area contributed by atoms with Gasteiger partial charge in [-0.2, -0.15) is 0 Å². The summed E-state index contributed by atoms with van der Waals surface area (Å²) in [5.74, 6) is -0.319. The van der Waals surface area contributed by atoms with Gasteiger partial charge in [-0.3, -0.25) is 9.36 Å². The highest BCUT2D eigenvalue weighted by Crippen LogP contribution is 2.33. The number of nitrogens with one attached hydrogen (secondary N) is 1. The summed E-state index contributed by atoms with van der Waals surface area (Å²) in [6.07, 6.45) is -3.59. The van der Waals surface area contributed by atoms with Gasteiger partial charge >= 0.3 is 0 Å². The molecule has 2 aromatic heterocycles. The van der Waals surface area contributed by atoms with E-state index in [0.29, 0.717) is 22.9 Å². The minimum absolute atomic E-state index is 0.181. The zero-order valence-corrected chi connectivity index (χ0v) is 16.3. The van der Waals surface area contributed by atoms with Crippen LogP contribution in [0.4, 0.5) is 5.82 Å². The fourth-order valence-electron chi connectivity index (χ4n) is 3.12. The van der Waals surface area contributed by atoms with Crippen LogP contribution in [0.3, 0.4) is 0 Å². The zero-order chi connectivity index (χ0) is 20.5. The lowest BCUT2D eigenvalue weighted by atomic mass is 10.1. The molecule has 152 valence electrons. The lowest BCUT2D eigenvalue weighted by molar-refractivity contribution is -0.137. The molecule has 1 aliphatic rings. The molecule has 0 bridgehead atoms. The summed E-state index contributed by atoms with van der Waals surface area (Å²) in [5.41, 5.74) is 6.72. The highest BCUT2D eigenvalue weighted by molar-refractivity contribution is 7.99. The quantitative estimate of drug-likeness (QED) is 0.431. The first kappa shape index (κ1) is 19.6. The number of benzene rings is 1. The molecule has 1 aliphatic heterocycles. The lowest BCUT2D eigenvalue weighted by Gasteiger charge is -2.16. The van der Waals surface area contributed by atoms with Gasteiger partial charge in [0.25, 0.3) is 5.91 Å². The van der Waals surface area contributed by atoms with Crippen molar-refractivity contribution in [1.82, 2.24) is 24.8 Å². The number of nitrogens with zero attached hydrogens (tertiary/aromatic N) is 4. The molecule has 29 heavy (non-hydrogen) atoms. The number of likely N-dealkylation sites (N-methyl/N-ethyl adjacent to an activating group) is 1. The molecule has 11 heteroatoms. The van der Waals surface area contributed by atoms with Gasteiger partial charge in [0.1, 0.15) is 17.7 Å². The Balaban J connectivity index is 1.68.